The molecule has 0 spiro atoms. The van der Waals surface area contributed by atoms with Crippen LogP contribution in [-0.4, -0.2) is 65.1 Å². The molecular weight excluding hydrogens is 720 g/mol. The lowest BCUT2D eigenvalue weighted by molar-refractivity contribution is -0.118. The summed E-state index contributed by atoms with van der Waals surface area (Å²) in [6.07, 6.45) is 4.43. The van der Waals surface area contributed by atoms with Crippen LogP contribution in [0, 0.1) is 0 Å². The van der Waals surface area contributed by atoms with Crippen molar-refractivity contribution in [1.29, 1.82) is 0 Å². The monoisotopic (exact) mass is 757 g/mol. The van der Waals surface area contributed by atoms with E-state index in [1.54, 1.807) is 0 Å². The van der Waals surface area contributed by atoms with Crippen LogP contribution in [0.2, 0.25) is 0 Å². The molecule has 15 nitrogen and oxygen atoms in total. The molecule has 1 amide bonds. The van der Waals surface area contributed by atoms with Gasteiger partial charge in [0.1, 0.15) is 22.8 Å². The van der Waals surface area contributed by atoms with Crippen molar-refractivity contribution in [3.8, 4) is 11.5 Å². The van der Waals surface area contributed by atoms with Crippen LogP contribution in [0.25, 0.3) is 21.9 Å². The van der Waals surface area contributed by atoms with Crippen molar-refractivity contribution in [3.63, 3.8) is 0 Å². The molecule has 4 rings (SSSR count). The number of aryl methyl sites for hydroxylation is 2. The number of nitrogens with one attached hydrogen (secondary N) is 1. The first-order valence-electron chi connectivity index (χ1n) is 14.9. The lowest BCUT2D eigenvalue weighted by atomic mass is 10.1. The molecule has 47 heavy (non-hydrogen) atoms. The number of ether oxygens (including phenoxy) is 1. The Bertz CT molecular complexity index is 1810. The van der Waals surface area contributed by atoms with E-state index in [1.165, 1.54) is 12.1 Å². The molecule has 0 fully saturated rings. The Morgan fingerprint density at radius 2 is 1.72 bits per heavy atom. The summed E-state index contributed by atoms with van der Waals surface area (Å²) in [6.45, 7) is 3.64. The fraction of sp³-hybridized carbons (Fsp3) is 0.414. The van der Waals surface area contributed by atoms with E-state index < -0.39 is 15.6 Å². The summed E-state index contributed by atoms with van der Waals surface area (Å²) < 4.78 is 40.5. The number of anilines is 1. The molecule has 2 aromatic heterocycles. The highest BCUT2D eigenvalue weighted by Gasteiger charge is 2.24. The summed E-state index contributed by atoms with van der Waals surface area (Å²) in [5.74, 6) is 0.376. The SMILES string of the molecule is CCCCc1nc2c(N)nc3cc(CCCOCCCNC(=O)CBr)ccc3c2n1Cc1cc(OP(=O)(O)O)ccc1OP(=O)(O)O. The average molecular weight is 759 g/mol. The van der Waals surface area contributed by atoms with Crippen LogP contribution in [0.3, 0.4) is 0 Å². The molecule has 0 unspecified atom stereocenters. The van der Waals surface area contributed by atoms with Gasteiger partial charge >= 0.3 is 15.6 Å². The number of phosphoric acid groups is 2. The quantitative estimate of drug-likeness (QED) is 0.0472. The van der Waals surface area contributed by atoms with Crippen LogP contribution in [0.1, 0.15) is 49.6 Å². The first-order valence-corrected chi connectivity index (χ1v) is 19.1. The number of nitrogen functional groups attached to an aromatic ring is 1. The number of imidazole rings is 1. The predicted molar refractivity (Wildman–Crippen MR) is 180 cm³/mol. The van der Waals surface area contributed by atoms with Crippen LogP contribution < -0.4 is 20.1 Å². The first-order chi connectivity index (χ1) is 22.3. The second-order valence-electron chi connectivity index (χ2n) is 10.7. The number of amides is 1. The molecule has 2 aromatic carbocycles. The third-order valence-corrected chi connectivity index (χ3v) is 8.46. The van der Waals surface area contributed by atoms with Gasteiger partial charge in [-0.3, -0.25) is 24.4 Å². The van der Waals surface area contributed by atoms with Crippen LogP contribution in [0.4, 0.5) is 5.82 Å². The zero-order valence-corrected chi connectivity index (χ0v) is 29.0. The summed E-state index contributed by atoms with van der Waals surface area (Å²) in [6, 6.07) is 9.43. The van der Waals surface area contributed by atoms with Gasteiger partial charge < -0.3 is 29.4 Å². The topological polar surface area (TPSA) is 229 Å². The van der Waals surface area contributed by atoms with Crippen molar-refractivity contribution in [2.75, 3.05) is 30.8 Å². The summed E-state index contributed by atoms with van der Waals surface area (Å²) in [7, 11) is -9.91. The second kappa shape index (κ2) is 16.4. The maximum absolute atomic E-state index is 11.8. The van der Waals surface area contributed by atoms with E-state index in [0.29, 0.717) is 48.6 Å². The summed E-state index contributed by atoms with van der Waals surface area (Å²) >= 11 is 3.11. The third kappa shape index (κ3) is 10.7. The number of rotatable bonds is 18. The normalized spacial score (nSPS) is 12.1. The van der Waals surface area contributed by atoms with Crippen LogP contribution in [0.15, 0.2) is 36.4 Å². The van der Waals surface area contributed by atoms with Gasteiger partial charge in [-0.25, -0.2) is 19.1 Å². The third-order valence-electron chi connectivity index (χ3n) is 7.07. The number of alkyl halides is 1. The molecule has 0 saturated heterocycles. The molecule has 0 aliphatic carbocycles. The van der Waals surface area contributed by atoms with Crippen molar-refractivity contribution in [3.05, 3.63) is 53.3 Å². The minimum absolute atomic E-state index is 0.0410. The minimum Gasteiger partial charge on any atom is -0.404 e. The molecule has 256 valence electrons. The number of hydrogen-bond donors (Lipinski definition) is 6. The molecule has 0 atom stereocenters. The molecule has 4 aromatic rings. The number of aromatic nitrogens is 3. The lowest BCUT2D eigenvalue weighted by Gasteiger charge is -2.17. The number of pyridine rings is 1. The Kier molecular flexibility index (Phi) is 12.8. The Labute approximate surface area is 279 Å². The number of phosphoric ester groups is 2. The molecule has 0 bridgehead atoms. The van der Waals surface area contributed by atoms with Crippen molar-refractivity contribution in [1.82, 2.24) is 19.9 Å². The van der Waals surface area contributed by atoms with Crippen LogP contribution in [0.5, 0.6) is 11.5 Å². The molecule has 0 saturated carbocycles. The summed E-state index contributed by atoms with van der Waals surface area (Å²) in [4.78, 5) is 58.5. The highest BCUT2D eigenvalue weighted by atomic mass is 79.9. The van der Waals surface area contributed by atoms with Gasteiger partial charge in [-0.15, -0.1) is 0 Å². The number of hydrogen-bond acceptors (Lipinski definition) is 9. The van der Waals surface area contributed by atoms with Gasteiger partial charge in [0.05, 0.1) is 22.9 Å². The maximum atomic E-state index is 11.8. The number of halogens is 1. The molecule has 0 aliphatic rings. The van der Waals surface area contributed by atoms with Gasteiger partial charge in [0, 0.05) is 37.1 Å². The number of benzene rings is 2. The second-order valence-corrected chi connectivity index (χ2v) is 13.6. The number of carbonyl (C=O) groups excluding carboxylic acids is 1. The van der Waals surface area contributed by atoms with E-state index in [2.05, 4.69) is 26.2 Å². The van der Waals surface area contributed by atoms with E-state index in [-0.39, 0.29) is 40.7 Å². The lowest BCUT2D eigenvalue weighted by Crippen LogP contribution is -2.26. The maximum Gasteiger partial charge on any atom is 0.524 e. The van der Waals surface area contributed by atoms with Crippen molar-refractivity contribution in [2.45, 2.75) is 52.0 Å². The van der Waals surface area contributed by atoms with Gasteiger partial charge in [0.2, 0.25) is 5.91 Å². The molecule has 0 aliphatic heterocycles. The number of unbranched alkanes of at least 4 members (excludes halogenated alkanes) is 1. The Morgan fingerprint density at radius 3 is 2.43 bits per heavy atom. The minimum atomic E-state index is -4.99. The van der Waals surface area contributed by atoms with Gasteiger partial charge in [-0.05, 0) is 55.5 Å². The summed E-state index contributed by atoms with van der Waals surface area (Å²) in [5, 5.41) is 3.79. The van der Waals surface area contributed by atoms with E-state index in [1.807, 2.05) is 29.7 Å². The van der Waals surface area contributed by atoms with E-state index in [0.717, 1.165) is 49.1 Å². The van der Waals surface area contributed by atoms with Gasteiger partial charge in [-0.1, -0.05) is 41.4 Å². The Morgan fingerprint density at radius 1 is 0.979 bits per heavy atom. The van der Waals surface area contributed by atoms with E-state index in [4.69, 9.17) is 24.5 Å². The van der Waals surface area contributed by atoms with E-state index >= 15 is 0 Å². The molecule has 2 heterocycles. The number of carbonyl (C=O) groups is 1. The number of nitrogens with two attached hydrogens (primary N) is 1. The Hall–Kier alpha value is -3.07. The fourth-order valence-electron chi connectivity index (χ4n) is 5.05. The van der Waals surface area contributed by atoms with Gasteiger partial charge in [-0.2, -0.15) is 0 Å². The average Bonchev–Trinajstić information content (AvgIpc) is 3.35. The van der Waals surface area contributed by atoms with Gasteiger partial charge in [0.25, 0.3) is 0 Å². The van der Waals surface area contributed by atoms with Gasteiger partial charge in [0.15, 0.2) is 5.82 Å². The standard InChI is InChI=1S/C29H38BrN5O10P2/c1-2-3-7-25-34-27-28(35(25)18-20-16-21(44-46(37,38)39)9-11-24(20)45-47(40,41)42)22-10-8-19(15-23(22)33-29(27)31)6-4-13-43-14-5-12-32-26(36)17-30/h8-11,15-16H,2-7,12-14,17-18H2,1H3,(H2,31,33)(H,32,36)(H2,37,38,39)(H2,40,41,42). The van der Waals surface area contributed by atoms with Crippen LogP contribution in [-0.2, 0) is 38.0 Å². The molecule has 18 heteroatoms. The zero-order chi connectivity index (χ0) is 34.2. The largest absolute Gasteiger partial charge is 0.524 e. The number of nitrogens with zero attached hydrogens (tertiary/aromatic N) is 3. The highest BCUT2D eigenvalue weighted by Crippen LogP contribution is 2.43. The molecular formula is C29H38BrN5O10P2. The Balaban J connectivity index is 1.65. The van der Waals surface area contributed by atoms with Crippen LogP contribution >= 0.6 is 31.6 Å². The smallest absolute Gasteiger partial charge is 0.404 e. The summed E-state index contributed by atoms with van der Waals surface area (Å²) in [5.41, 5.74) is 9.35. The van der Waals surface area contributed by atoms with Crippen molar-refractivity contribution >= 4 is 65.2 Å². The van der Waals surface area contributed by atoms with Crippen molar-refractivity contribution in [2.24, 2.45) is 0 Å². The zero-order valence-electron chi connectivity index (χ0n) is 25.7. The predicted octanol–water partition coefficient (Wildman–Crippen LogP) is 4.35. The highest BCUT2D eigenvalue weighted by molar-refractivity contribution is 9.09. The molecule has 0 radical (unpaired) electrons. The fourth-order valence-corrected chi connectivity index (χ4v) is 6.07. The first kappa shape index (κ1) is 36.8. The molecule has 7 N–H and O–H groups in total. The number of fused-ring (bicyclic) bond motifs is 3. The van der Waals surface area contributed by atoms with E-state index in [9.17, 15) is 33.5 Å². The van der Waals surface area contributed by atoms with Crippen molar-refractivity contribution < 1.29 is 47.3 Å².